The third-order valence-electron chi connectivity index (χ3n) is 3.15. The van der Waals surface area contributed by atoms with Crippen molar-refractivity contribution < 1.29 is 26.3 Å². The molecule has 0 fully saturated rings. The van der Waals surface area contributed by atoms with E-state index in [0.717, 1.165) is 16.2 Å². The Hall–Kier alpha value is -1.68. The molecule has 2 aromatic carbocycles. The first-order chi connectivity index (χ1) is 12.4. The van der Waals surface area contributed by atoms with Gasteiger partial charge in [0.05, 0.1) is 11.1 Å². The summed E-state index contributed by atoms with van der Waals surface area (Å²) in [7, 11) is 3.06. The largest absolute Gasteiger partial charge is 0.416 e. The normalized spacial score (nSPS) is 13.0. The molecule has 0 radical (unpaired) electrons. The minimum absolute atomic E-state index is 0.0129. The highest BCUT2D eigenvalue weighted by Gasteiger charge is 2.37. The predicted molar refractivity (Wildman–Crippen MR) is 96.7 cm³/mol. The second-order valence-corrected chi connectivity index (χ2v) is 7.58. The monoisotopic (exact) mass is 470 g/mol. The van der Waals surface area contributed by atoms with Gasteiger partial charge in [-0.25, -0.2) is 0 Å². The quantitative estimate of drug-likeness (QED) is 0.167. The summed E-state index contributed by atoms with van der Waals surface area (Å²) in [6.07, 6.45) is -9.83. The van der Waals surface area contributed by atoms with Crippen LogP contribution >= 0.6 is 27.7 Å². The van der Waals surface area contributed by atoms with Gasteiger partial charge in [-0.3, -0.25) is 0 Å². The van der Waals surface area contributed by atoms with E-state index in [9.17, 15) is 26.3 Å². The van der Waals surface area contributed by atoms with Crippen LogP contribution < -0.4 is 0 Å². The number of hydrazone groups is 1. The molecule has 0 aliphatic rings. The fraction of sp³-hybridized carbons (Fsp3) is 0.235. The van der Waals surface area contributed by atoms with E-state index in [2.05, 4.69) is 21.0 Å². The number of thioether (sulfide) groups is 1. The van der Waals surface area contributed by atoms with Crippen LogP contribution in [0.4, 0.5) is 26.3 Å². The highest BCUT2D eigenvalue weighted by molar-refractivity contribution is 9.10. The first-order valence-corrected chi connectivity index (χ1v) is 8.96. The van der Waals surface area contributed by atoms with Crippen molar-refractivity contribution >= 4 is 32.7 Å². The van der Waals surface area contributed by atoms with Gasteiger partial charge < -0.3 is 5.01 Å². The average molecular weight is 471 g/mol. The summed E-state index contributed by atoms with van der Waals surface area (Å²) in [6, 6.07) is 8.22. The van der Waals surface area contributed by atoms with Crippen molar-refractivity contribution in [1.82, 2.24) is 5.01 Å². The van der Waals surface area contributed by atoms with Gasteiger partial charge in [0.1, 0.15) is 5.04 Å². The molecule has 0 saturated carbocycles. The first-order valence-electron chi connectivity index (χ1n) is 7.35. The SMILES string of the molecule is CN(C)N=C(Sc1ccc(Br)cc1)c1cc(C(F)(F)F)cc(C(F)(F)F)c1. The molecule has 2 nitrogen and oxygen atoms in total. The van der Waals surface area contributed by atoms with Gasteiger partial charge in [-0.05, 0) is 42.5 Å². The summed E-state index contributed by atoms with van der Waals surface area (Å²) in [6.45, 7) is 0. The predicted octanol–water partition coefficient (Wildman–Crippen LogP) is 6.50. The summed E-state index contributed by atoms with van der Waals surface area (Å²) in [5.74, 6) is 0. The van der Waals surface area contributed by atoms with Crippen molar-refractivity contribution in [1.29, 1.82) is 0 Å². The molecular weight excluding hydrogens is 458 g/mol. The molecule has 0 aliphatic carbocycles. The molecule has 0 unspecified atom stereocenters. The smallest absolute Gasteiger partial charge is 0.302 e. The number of halogens is 7. The second-order valence-electron chi connectivity index (χ2n) is 5.60. The number of hydrogen-bond acceptors (Lipinski definition) is 3. The Bertz CT molecular complexity index is 797. The lowest BCUT2D eigenvalue weighted by molar-refractivity contribution is -0.143. The van der Waals surface area contributed by atoms with Gasteiger partial charge >= 0.3 is 12.4 Å². The lowest BCUT2D eigenvalue weighted by Crippen LogP contribution is -2.14. The Balaban J connectivity index is 2.58. The van der Waals surface area contributed by atoms with E-state index < -0.39 is 23.5 Å². The molecule has 0 aliphatic heterocycles. The minimum atomic E-state index is -4.92. The molecule has 0 spiro atoms. The molecule has 0 atom stereocenters. The molecule has 146 valence electrons. The summed E-state index contributed by atoms with van der Waals surface area (Å²) in [4.78, 5) is 0.616. The van der Waals surface area contributed by atoms with Crippen LogP contribution in [0.1, 0.15) is 16.7 Å². The van der Waals surface area contributed by atoms with Gasteiger partial charge in [0, 0.05) is 29.0 Å². The highest BCUT2D eigenvalue weighted by Crippen LogP contribution is 2.37. The van der Waals surface area contributed by atoms with Crippen LogP contribution in [-0.4, -0.2) is 24.1 Å². The molecule has 27 heavy (non-hydrogen) atoms. The maximum Gasteiger partial charge on any atom is 0.416 e. The summed E-state index contributed by atoms with van der Waals surface area (Å²) in [5, 5.41) is 5.40. The van der Waals surface area contributed by atoms with Crippen molar-refractivity contribution in [3.8, 4) is 0 Å². The lowest BCUT2D eigenvalue weighted by Gasteiger charge is -2.16. The number of rotatable bonds is 3. The zero-order valence-corrected chi connectivity index (χ0v) is 16.4. The molecule has 2 aromatic rings. The molecule has 0 N–H and O–H groups in total. The van der Waals surface area contributed by atoms with Crippen molar-refractivity contribution in [3.63, 3.8) is 0 Å². The van der Waals surface area contributed by atoms with Crippen molar-refractivity contribution in [3.05, 3.63) is 63.6 Å². The summed E-state index contributed by atoms with van der Waals surface area (Å²) >= 11 is 4.23. The van der Waals surface area contributed by atoms with E-state index in [1.807, 2.05) is 0 Å². The zero-order valence-electron chi connectivity index (χ0n) is 14.0. The molecule has 0 heterocycles. The molecule has 0 bridgehead atoms. The second kappa shape index (κ2) is 8.14. The maximum atomic E-state index is 13.1. The molecular formula is C17H13BrF6N2S. The number of alkyl halides is 6. The van der Waals surface area contributed by atoms with E-state index in [1.165, 1.54) is 19.1 Å². The fourth-order valence-electron chi connectivity index (χ4n) is 2.01. The lowest BCUT2D eigenvalue weighted by atomic mass is 10.1. The maximum absolute atomic E-state index is 13.1. The summed E-state index contributed by atoms with van der Waals surface area (Å²) in [5.41, 5.74) is -3.02. The van der Waals surface area contributed by atoms with Crippen LogP contribution in [-0.2, 0) is 12.4 Å². The van der Waals surface area contributed by atoms with Gasteiger partial charge in [0.15, 0.2) is 0 Å². The standard InChI is InChI=1S/C17H13BrF6N2S/c1-26(2)25-15(27-14-5-3-13(18)4-6-14)10-7-11(16(19,20)21)9-12(8-10)17(22,23)24/h3-9H,1-2H3. The Morgan fingerprint density at radius 1 is 0.889 bits per heavy atom. The third kappa shape index (κ3) is 6.17. The first kappa shape index (κ1) is 21.6. The van der Waals surface area contributed by atoms with E-state index >= 15 is 0 Å². The van der Waals surface area contributed by atoms with Gasteiger partial charge in [-0.15, -0.1) is 0 Å². The van der Waals surface area contributed by atoms with E-state index in [0.29, 0.717) is 17.0 Å². The van der Waals surface area contributed by atoms with E-state index in [1.54, 1.807) is 24.3 Å². The van der Waals surface area contributed by atoms with Crippen LogP contribution in [0.25, 0.3) is 0 Å². The van der Waals surface area contributed by atoms with Crippen molar-refractivity contribution in [2.45, 2.75) is 17.2 Å². The molecule has 0 saturated heterocycles. The van der Waals surface area contributed by atoms with Crippen LogP contribution in [0.5, 0.6) is 0 Å². The third-order valence-corrected chi connectivity index (χ3v) is 4.70. The van der Waals surface area contributed by atoms with Crippen molar-refractivity contribution in [2.75, 3.05) is 14.1 Å². The molecule has 0 amide bonds. The van der Waals surface area contributed by atoms with Crippen LogP contribution in [0.2, 0.25) is 0 Å². The number of benzene rings is 2. The van der Waals surface area contributed by atoms with E-state index in [4.69, 9.17) is 0 Å². The topological polar surface area (TPSA) is 15.6 Å². The van der Waals surface area contributed by atoms with Gasteiger partial charge in [0.25, 0.3) is 0 Å². The minimum Gasteiger partial charge on any atom is -0.302 e. The number of hydrogen-bond donors (Lipinski definition) is 0. The number of nitrogens with zero attached hydrogens (tertiary/aromatic N) is 2. The fourth-order valence-corrected chi connectivity index (χ4v) is 3.21. The molecule has 0 aromatic heterocycles. The molecule has 10 heteroatoms. The van der Waals surface area contributed by atoms with Crippen LogP contribution in [0.15, 0.2) is 56.9 Å². The van der Waals surface area contributed by atoms with Crippen LogP contribution in [0.3, 0.4) is 0 Å². The van der Waals surface area contributed by atoms with Gasteiger partial charge in [-0.2, -0.15) is 31.4 Å². The average Bonchev–Trinajstić information content (AvgIpc) is 2.54. The summed E-state index contributed by atoms with van der Waals surface area (Å²) < 4.78 is 79.4. The zero-order chi connectivity index (χ0) is 20.4. The Labute approximate surface area is 164 Å². The highest BCUT2D eigenvalue weighted by atomic mass is 79.9. The molecule has 2 rings (SSSR count). The van der Waals surface area contributed by atoms with Crippen LogP contribution in [0, 0.1) is 0 Å². The Morgan fingerprint density at radius 3 is 1.78 bits per heavy atom. The van der Waals surface area contributed by atoms with Gasteiger partial charge in [-0.1, -0.05) is 27.7 Å². The van der Waals surface area contributed by atoms with Gasteiger partial charge in [0.2, 0.25) is 0 Å². The van der Waals surface area contributed by atoms with Crippen molar-refractivity contribution in [2.24, 2.45) is 5.10 Å². The Kier molecular flexibility index (Phi) is 6.51. The Morgan fingerprint density at radius 2 is 1.37 bits per heavy atom. The van der Waals surface area contributed by atoms with E-state index in [-0.39, 0.29) is 16.7 Å².